The molecule has 4 nitrogen and oxygen atoms in total. The molecule has 0 aliphatic carbocycles. The van der Waals surface area contributed by atoms with Gasteiger partial charge in [0, 0.05) is 10.9 Å². The van der Waals surface area contributed by atoms with Crippen molar-refractivity contribution in [1.82, 2.24) is 14.8 Å². The van der Waals surface area contributed by atoms with Crippen LogP contribution >= 0.6 is 28.1 Å². The van der Waals surface area contributed by atoms with Crippen molar-refractivity contribution in [3.05, 3.63) is 38.8 Å². The number of nitrogens with one attached hydrogen (secondary N) is 1. The Labute approximate surface area is 118 Å². The zero-order valence-electron chi connectivity index (χ0n) is 9.77. The first-order valence-electron chi connectivity index (χ1n) is 5.53. The highest BCUT2D eigenvalue weighted by molar-refractivity contribution is 9.10. The van der Waals surface area contributed by atoms with Crippen LogP contribution in [0.1, 0.15) is 24.7 Å². The van der Waals surface area contributed by atoms with Gasteiger partial charge in [-0.2, -0.15) is 10.4 Å². The van der Waals surface area contributed by atoms with E-state index in [1.54, 1.807) is 12.1 Å². The van der Waals surface area contributed by atoms with Gasteiger partial charge in [0.05, 0.1) is 17.3 Å². The van der Waals surface area contributed by atoms with E-state index in [2.05, 4.69) is 39.1 Å². The van der Waals surface area contributed by atoms with Gasteiger partial charge in [-0.15, -0.1) is 0 Å². The Hall–Kier alpha value is -1.45. The van der Waals surface area contributed by atoms with Crippen LogP contribution in [0.15, 0.2) is 22.7 Å². The molecule has 1 aromatic carbocycles. The highest BCUT2D eigenvalue weighted by atomic mass is 79.9. The van der Waals surface area contributed by atoms with Crippen LogP contribution in [0.4, 0.5) is 0 Å². The minimum absolute atomic E-state index is 0.559. The second-order valence-electron chi connectivity index (χ2n) is 3.81. The zero-order valence-corrected chi connectivity index (χ0v) is 12.2. The Bertz CT molecular complexity index is 665. The van der Waals surface area contributed by atoms with Crippen LogP contribution < -0.4 is 0 Å². The summed E-state index contributed by atoms with van der Waals surface area (Å²) in [6.45, 7) is 2.09. The van der Waals surface area contributed by atoms with Crippen LogP contribution in [-0.2, 0) is 6.42 Å². The summed E-state index contributed by atoms with van der Waals surface area (Å²) >= 11 is 8.72. The molecule has 1 heterocycles. The van der Waals surface area contributed by atoms with Crippen molar-refractivity contribution in [2.75, 3.05) is 0 Å². The predicted molar refractivity (Wildman–Crippen MR) is 75.2 cm³/mol. The Morgan fingerprint density at radius 3 is 2.94 bits per heavy atom. The van der Waals surface area contributed by atoms with Crippen molar-refractivity contribution < 1.29 is 0 Å². The minimum atomic E-state index is 0.559. The molecule has 2 rings (SSSR count). The lowest BCUT2D eigenvalue weighted by Crippen LogP contribution is -2.02. The molecule has 0 radical (unpaired) electrons. The molecule has 0 atom stereocenters. The molecule has 0 unspecified atom stereocenters. The van der Waals surface area contributed by atoms with Gasteiger partial charge in [-0.3, -0.25) is 9.67 Å². The first-order chi connectivity index (χ1) is 8.67. The van der Waals surface area contributed by atoms with Gasteiger partial charge in [0.2, 0.25) is 0 Å². The van der Waals surface area contributed by atoms with Crippen LogP contribution in [-0.4, -0.2) is 14.8 Å². The number of aromatic amines is 1. The second kappa shape index (κ2) is 5.46. The molecule has 1 N–H and O–H groups in total. The summed E-state index contributed by atoms with van der Waals surface area (Å²) < 4.78 is 3.28. The van der Waals surface area contributed by atoms with Crippen LogP contribution in [0.2, 0.25) is 0 Å². The van der Waals surface area contributed by atoms with Crippen LogP contribution in [0.3, 0.4) is 0 Å². The lowest BCUT2D eigenvalue weighted by molar-refractivity contribution is 0.800. The lowest BCUT2D eigenvalue weighted by atomic mass is 10.2. The van der Waals surface area contributed by atoms with E-state index in [9.17, 15) is 0 Å². The molecular weight excluding hydrogens is 312 g/mol. The number of benzene rings is 1. The van der Waals surface area contributed by atoms with Gasteiger partial charge in [-0.1, -0.05) is 6.92 Å². The van der Waals surface area contributed by atoms with E-state index in [0.29, 0.717) is 10.3 Å². The first-order valence-corrected chi connectivity index (χ1v) is 6.73. The van der Waals surface area contributed by atoms with Gasteiger partial charge in [0.1, 0.15) is 5.82 Å². The highest BCUT2D eigenvalue weighted by Gasteiger charge is 2.10. The second-order valence-corrected chi connectivity index (χ2v) is 5.05. The van der Waals surface area contributed by atoms with Crippen LogP contribution in [0.25, 0.3) is 5.69 Å². The maximum Gasteiger partial charge on any atom is 0.199 e. The van der Waals surface area contributed by atoms with Gasteiger partial charge in [0.25, 0.3) is 0 Å². The molecule has 6 heteroatoms. The maximum absolute atomic E-state index is 8.86. The van der Waals surface area contributed by atoms with Crippen molar-refractivity contribution in [1.29, 1.82) is 5.26 Å². The van der Waals surface area contributed by atoms with Crippen molar-refractivity contribution in [2.24, 2.45) is 0 Å². The third kappa shape index (κ3) is 2.37. The largest absolute Gasteiger partial charge is 0.271 e. The number of aromatic nitrogens is 3. The minimum Gasteiger partial charge on any atom is -0.271 e. The summed E-state index contributed by atoms with van der Waals surface area (Å²) in [5.41, 5.74) is 1.51. The normalized spacial score (nSPS) is 10.3. The number of nitrogens with zero attached hydrogens (tertiary/aromatic N) is 3. The molecule has 0 amide bonds. The molecule has 18 heavy (non-hydrogen) atoms. The smallest absolute Gasteiger partial charge is 0.199 e. The molecule has 0 aliphatic rings. The Morgan fingerprint density at radius 1 is 1.56 bits per heavy atom. The molecule has 0 bridgehead atoms. The van der Waals surface area contributed by atoms with E-state index >= 15 is 0 Å². The lowest BCUT2D eigenvalue weighted by Gasteiger charge is -2.08. The third-order valence-electron chi connectivity index (χ3n) is 2.53. The van der Waals surface area contributed by atoms with Crippen molar-refractivity contribution in [3.63, 3.8) is 0 Å². The van der Waals surface area contributed by atoms with Gasteiger partial charge in [-0.25, -0.2) is 0 Å². The molecular formula is C12H11BrN4S. The number of H-pyrrole nitrogens is 1. The molecule has 2 aromatic rings. The van der Waals surface area contributed by atoms with Gasteiger partial charge >= 0.3 is 0 Å². The van der Waals surface area contributed by atoms with Gasteiger partial charge in [0.15, 0.2) is 4.77 Å². The predicted octanol–water partition coefficient (Wildman–Crippen LogP) is 3.52. The summed E-state index contributed by atoms with van der Waals surface area (Å²) in [7, 11) is 0. The van der Waals surface area contributed by atoms with Crippen molar-refractivity contribution in [2.45, 2.75) is 19.8 Å². The third-order valence-corrected chi connectivity index (χ3v) is 3.44. The Balaban J connectivity index is 2.59. The number of hydrogen-bond donors (Lipinski definition) is 1. The van der Waals surface area contributed by atoms with E-state index in [-0.39, 0.29) is 0 Å². The average Bonchev–Trinajstić information content (AvgIpc) is 2.71. The fraction of sp³-hybridized carbons (Fsp3) is 0.250. The Kier molecular flexibility index (Phi) is 3.94. The van der Waals surface area contributed by atoms with Crippen LogP contribution in [0, 0.1) is 16.1 Å². The van der Waals surface area contributed by atoms with Crippen molar-refractivity contribution in [3.8, 4) is 11.8 Å². The number of aryl methyl sites for hydroxylation is 1. The standard InChI is InChI=1S/C12H11BrN4S/c1-2-3-11-15-16-12(18)17(11)10-5-4-8(7-14)6-9(10)13/h4-6H,2-3H2,1H3,(H,16,18). The van der Waals surface area contributed by atoms with E-state index in [4.69, 9.17) is 17.5 Å². The summed E-state index contributed by atoms with van der Waals surface area (Å²) in [4.78, 5) is 0. The van der Waals surface area contributed by atoms with Gasteiger partial charge in [-0.05, 0) is 52.8 Å². The molecule has 1 aromatic heterocycles. The highest BCUT2D eigenvalue weighted by Crippen LogP contribution is 2.24. The molecule has 0 spiro atoms. The van der Waals surface area contributed by atoms with E-state index in [1.807, 2.05) is 10.6 Å². The number of halogens is 1. The fourth-order valence-electron chi connectivity index (χ4n) is 1.73. The number of nitriles is 1. The molecule has 92 valence electrons. The maximum atomic E-state index is 8.86. The topological polar surface area (TPSA) is 57.4 Å². The molecule has 0 fully saturated rings. The SMILES string of the molecule is CCCc1n[nH]c(=S)n1-c1ccc(C#N)cc1Br. The van der Waals surface area contributed by atoms with E-state index in [1.165, 1.54) is 0 Å². The summed E-state index contributed by atoms with van der Waals surface area (Å²) in [6, 6.07) is 7.52. The monoisotopic (exact) mass is 322 g/mol. The number of hydrogen-bond acceptors (Lipinski definition) is 3. The molecule has 0 saturated heterocycles. The quantitative estimate of drug-likeness (QED) is 0.879. The first kappa shape index (κ1) is 13.0. The van der Waals surface area contributed by atoms with E-state index < -0.39 is 0 Å². The molecule has 0 aliphatic heterocycles. The fourth-order valence-corrected chi connectivity index (χ4v) is 2.53. The molecule has 0 saturated carbocycles. The van der Waals surface area contributed by atoms with E-state index in [0.717, 1.165) is 28.8 Å². The number of rotatable bonds is 3. The summed E-state index contributed by atoms with van der Waals surface area (Å²) in [5, 5.41) is 15.9. The Morgan fingerprint density at radius 2 is 2.33 bits per heavy atom. The van der Waals surface area contributed by atoms with Crippen molar-refractivity contribution >= 4 is 28.1 Å². The van der Waals surface area contributed by atoms with Gasteiger partial charge < -0.3 is 0 Å². The zero-order chi connectivity index (χ0) is 13.1. The van der Waals surface area contributed by atoms with Crippen LogP contribution in [0.5, 0.6) is 0 Å². The average molecular weight is 323 g/mol. The summed E-state index contributed by atoms with van der Waals surface area (Å²) in [6.07, 6.45) is 1.84. The summed E-state index contributed by atoms with van der Waals surface area (Å²) in [5.74, 6) is 0.896.